The number of carbonyl (C=O) groups excluding carboxylic acids is 1. The number of carbonyl (C=O) groups is 1. The van der Waals surface area contributed by atoms with Gasteiger partial charge in [-0.3, -0.25) is 14.9 Å². The lowest BCUT2D eigenvalue weighted by Crippen LogP contribution is -2.51. The molecule has 134 valence electrons. The molecule has 0 aliphatic carbocycles. The summed E-state index contributed by atoms with van der Waals surface area (Å²) in [7, 11) is 0. The summed E-state index contributed by atoms with van der Waals surface area (Å²) in [4.78, 5) is 23.4. The summed E-state index contributed by atoms with van der Waals surface area (Å²) in [6, 6.07) is 5.00. The van der Waals surface area contributed by atoms with Crippen molar-refractivity contribution in [3.63, 3.8) is 0 Å². The molecule has 0 aromatic heterocycles. The standard InChI is InChI=1S/C17H25N3O3.ClH/c1-11-14(6-5-9-18-11)19-16(21)12-7-8-13(17(2,3)4)15(10-12)20(22)23;/h7-8,10-11,14,18H,5-6,9H2,1-4H3,(H,19,21);1H. The Labute approximate surface area is 149 Å². The van der Waals surface area contributed by atoms with E-state index in [1.54, 1.807) is 12.1 Å². The summed E-state index contributed by atoms with van der Waals surface area (Å²) < 4.78 is 0. The number of piperidine rings is 1. The molecule has 1 amide bonds. The van der Waals surface area contributed by atoms with Crippen molar-refractivity contribution in [3.8, 4) is 0 Å². The minimum absolute atomic E-state index is 0. The Morgan fingerprint density at radius 3 is 2.58 bits per heavy atom. The highest BCUT2D eigenvalue weighted by molar-refractivity contribution is 5.95. The molecular weight excluding hydrogens is 330 g/mol. The Morgan fingerprint density at radius 1 is 1.38 bits per heavy atom. The molecule has 0 bridgehead atoms. The summed E-state index contributed by atoms with van der Waals surface area (Å²) >= 11 is 0. The molecule has 0 saturated carbocycles. The molecule has 2 N–H and O–H groups in total. The zero-order valence-electron chi connectivity index (χ0n) is 14.6. The largest absolute Gasteiger partial charge is 0.348 e. The third-order valence-electron chi connectivity index (χ3n) is 4.34. The number of nitrogens with zero attached hydrogens (tertiary/aromatic N) is 1. The Kier molecular flexibility index (Phi) is 6.75. The van der Waals surface area contributed by atoms with Crippen LogP contribution in [0.4, 0.5) is 5.69 Å². The van der Waals surface area contributed by atoms with Crippen LogP contribution < -0.4 is 10.6 Å². The van der Waals surface area contributed by atoms with E-state index in [4.69, 9.17) is 0 Å². The second-order valence-corrected chi connectivity index (χ2v) is 7.20. The fourth-order valence-corrected chi connectivity index (χ4v) is 2.95. The fourth-order valence-electron chi connectivity index (χ4n) is 2.95. The monoisotopic (exact) mass is 355 g/mol. The van der Waals surface area contributed by atoms with E-state index in [0.717, 1.165) is 19.4 Å². The van der Waals surface area contributed by atoms with Crippen LogP contribution in [0.5, 0.6) is 0 Å². The van der Waals surface area contributed by atoms with Crippen molar-refractivity contribution in [1.29, 1.82) is 0 Å². The van der Waals surface area contributed by atoms with Crippen LogP contribution in [0, 0.1) is 10.1 Å². The zero-order chi connectivity index (χ0) is 17.2. The first kappa shape index (κ1) is 20.4. The predicted octanol–water partition coefficient (Wildman–Crippen LogP) is 3.18. The summed E-state index contributed by atoms with van der Waals surface area (Å²) in [5.41, 5.74) is 0.619. The van der Waals surface area contributed by atoms with Crippen molar-refractivity contribution < 1.29 is 9.72 Å². The molecule has 1 aromatic carbocycles. The van der Waals surface area contributed by atoms with Crippen molar-refractivity contribution in [3.05, 3.63) is 39.4 Å². The number of nitro groups is 1. The minimum atomic E-state index is -0.415. The molecule has 2 atom stereocenters. The highest BCUT2D eigenvalue weighted by Crippen LogP contribution is 2.31. The van der Waals surface area contributed by atoms with Gasteiger partial charge in [0.25, 0.3) is 11.6 Å². The van der Waals surface area contributed by atoms with Gasteiger partial charge in [0.2, 0.25) is 0 Å². The van der Waals surface area contributed by atoms with E-state index in [1.165, 1.54) is 6.07 Å². The molecule has 7 heteroatoms. The highest BCUT2D eigenvalue weighted by Gasteiger charge is 2.27. The van der Waals surface area contributed by atoms with Gasteiger partial charge in [-0.15, -0.1) is 12.4 Å². The van der Waals surface area contributed by atoms with Crippen LogP contribution in [-0.4, -0.2) is 29.5 Å². The molecule has 1 aliphatic rings. The number of benzene rings is 1. The van der Waals surface area contributed by atoms with E-state index in [-0.39, 0.29) is 41.5 Å². The maximum Gasteiger partial charge on any atom is 0.273 e. The number of amides is 1. The molecule has 1 aromatic rings. The van der Waals surface area contributed by atoms with Crippen LogP contribution in [0.15, 0.2) is 18.2 Å². The van der Waals surface area contributed by atoms with Gasteiger partial charge in [0.1, 0.15) is 0 Å². The molecule has 2 rings (SSSR count). The molecule has 6 nitrogen and oxygen atoms in total. The first-order valence-corrected chi connectivity index (χ1v) is 8.03. The first-order chi connectivity index (χ1) is 10.7. The van der Waals surface area contributed by atoms with E-state index in [0.29, 0.717) is 11.1 Å². The van der Waals surface area contributed by atoms with Gasteiger partial charge in [-0.05, 0) is 37.8 Å². The van der Waals surface area contributed by atoms with Crippen LogP contribution in [0.1, 0.15) is 56.5 Å². The van der Waals surface area contributed by atoms with Crippen LogP contribution in [-0.2, 0) is 5.41 Å². The number of halogens is 1. The second-order valence-electron chi connectivity index (χ2n) is 7.20. The third-order valence-corrected chi connectivity index (χ3v) is 4.34. The molecule has 2 unspecified atom stereocenters. The van der Waals surface area contributed by atoms with Crippen molar-refractivity contribution in [1.82, 2.24) is 10.6 Å². The molecule has 24 heavy (non-hydrogen) atoms. The van der Waals surface area contributed by atoms with E-state index < -0.39 is 4.92 Å². The van der Waals surface area contributed by atoms with E-state index >= 15 is 0 Å². The molecule has 1 saturated heterocycles. The molecule has 0 spiro atoms. The lowest BCUT2D eigenvalue weighted by atomic mass is 9.85. The van der Waals surface area contributed by atoms with Gasteiger partial charge in [0.05, 0.1) is 4.92 Å². The Morgan fingerprint density at radius 2 is 2.04 bits per heavy atom. The molecule has 1 heterocycles. The number of nitro benzene ring substituents is 1. The van der Waals surface area contributed by atoms with Gasteiger partial charge in [0.15, 0.2) is 0 Å². The quantitative estimate of drug-likeness (QED) is 0.644. The normalized spacial score (nSPS) is 20.8. The smallest absolute Gasteiger partial charge is 0.273 e. The van der Waals surface area contributed by atoms with Crippen LogP contribution in [0.3, 0.4) is 0 Å². The van der Waals surface area contributed by atoms with Gasteiger partial charge >= 0.3 is 0 Å². The predicted molar refractivity (Wildman–Crippen MR) is 97.0 cm³/mol. The topological polar surface area (TPSA) is 84.3 Å². The summed E-state index contributed by atoms with van der Waals surface area (Å²) in [6.07, 6.45) is 1.93. The van der Waals surface area contributed by atoms with Crippen molar-refractivity contribution in [2.45, 2.75) is 58.0 Å². The number of hydrogen-bond acceptors (Lipinski definition) is 4. The maximum absolute atomic E-state index is 12.4. The Bertz CT molecular complexity index is 614. The molecular formula is C17H26ClN3O3. The molecule has 1 fully saturated rings. The van der Waals surface area contributed by atoms with Gasteiger partial charge in [-0.25, -0.2) is 0 Å². The van der Waals surface area contributed by atoms with Gasteiger partial charge < -0.3 is 10.6 Å². The number of nitrogens with one attached hydrogen (secondary N) is 2. The highest BCUT2D eigenvalue weighted by atomic mass is 35.5. The Hall–Kier alpha value is -1.66. The van der Waals surface area contributed by atoms with Gasteiger partial charge in [0, 0.05) is 29.3 Å². The lowest BCUT2D eigenvalue weighted by molar-refractivity contribution is -0.386. The average Bonchev–Trinajstić information content (AvgIpc) is 2.48. The van der Waals surface area contributed by atoms with Crippen molar-refractivity contribution >= 4 is 24.0 Å². The maximum atomic E-state index is 12.4. The zero-order valence-corrected chi connectivity index (χ0v) is 15.4. The summed E-state index contributed by atoms with van der Waals surface area (Å²) in [5, 5.41) is 17.7. The van der Waals surface area contributed by atoms with Crippen LogP contribution in [0.25, 0.3) is 0 Å². The lowest BCUT2D eigenvalue weighted by Gasteiger charge is -2.30. The van der Waals surface area contributed by atoms with E-state index in [2.05, 4.69) is 10.6 Å². The number of rotatable bonds is 3. The van der Waals surface area contributed by atoms with Crippen molar-refractivity contribution in [2.24, 2.45) is 0 Å². The third kappa shape index (κ3) is 4.68. The first-order valence-electron chi connectivity index (χ1n) is 8.03. The second kappa shape index (κ2) is 7.94. The fraction of sp³-hybridized carbons (Fsp3) is 0.588. The van der Waals surface area contributed by atoms with Crippen LogP contribution >= 0.6 is 12.4 Å². The van der Waals surface area contributed by atoms with E-state index in [1.807, 2.05) is 27.7 Å². The minimum Gasteiger partial charge on any atom is -0.348 e. The van der Waals surface area contributed by atoms with E-state index in [9.17, 15) is 14.9 Å². The van der Waals surface area contributed by atoms with Crippen LogP contribution in [0.2, 0.25) is 0 Å². The van der Waals surface area contributed by atoms with Crippen molar-refractivity contribution in [2.75, 3.05) is 6.54 Å². The number of hydrogen-bond donors (Lipinski definition) is 2. The van der Waals surface area contributed by atoms with Gasteiger partial charge in [-0.2, -0.15) is 0 Å². The molecule has 1 aliphatic heterocycles. The van der Waals surface area contributed by atoms with Gasteiger partial charge in [-0.1, -0.05) is 26.8 Å². The SMILES string of the molecule is CC1NCCCC1NC(=O)c1ccc(C(C)(C)C)c([N+](=O)[O-])c1.Cl. The summed E-state index contributed by atoms with van der Waals surface area (Å²) in [5.74, 6) is -0.255. The average molecular weight is 356 g/mol. The molecule has 0 radical (unpaired) electrons. The Balaban J connectivity index is 0.00000288. The summed E-state index contributed by atoms with van der Waals surface area (Å²) in [6.45, 7) is 8.76.